The summed E-state index contributed by atoms with van der Waals surface area (Å²) in [6, 6.07) is 1.01. The molecule has 6 heteroatoms. The topological polar surface area (TPSA) is 48.9 Å². The molecule has 0 bridgehead atoms. The van der Waals surface area contributed by atoms with Crippen molar-refractivity contribution in [1.82, 2.24) is 15.5 Å². The second-order valence-corrected chi connectivity index (χ2v) is 8.24. The zero-order valence-electron chi connectivity index (χ0n) is 17.1. The first-order chi connectivity index (χ1) is 12.1. The monoisotopic (exact) mass is 478 g/mol. The number of aliphatic imine (C=N–C) groups is 1. The summed E-state index contributed by atoms with van der Waals surface area (Å²) in [6.07, 6.45) is 8.15. The third-order valence-electron chi connectivity index (χ3n) is 6.94. The quantitative estimate of drug-likeness (QED) is 0.320. The lowest BCUT2D eigenvalue weighted by molar-refractivity contribution is -0.171. The van der Waals surface area contributed by atoms with Crippen LogP contribution in [0.25, 0.3) is 0 Å². The highest BCUT2D eigenvalue weighted by atomic mass is 127. The van der Waals surface area contributed by atoms with Crippen molar-refractivity contribution < 1.29 is 4.74 Å². The second-order valence-electron chi connectivity index (χ2n) is 8.24. The van der Waals surface area contributed by atoms with Gasteiger partial charge in [0.2, 0.25) is 0 Å². The van der Waals surface area contributed by atoms with E-state index in [0.717, 1.165) is 25.7 Å². The molecule has 3 aliphatic rings. The molecule has 0 radical (unpaired) electrons. The minimum atomic E-state index is 0. The number of rotatable bonds is 8. The van der Waals surface area contributed by atoms with Gasteiger partial charge in [-0.1, -0.05) is 20.3 Å². The maximum Gasteiger partial charge on any atom is 0.191 e. The molecule has 2 N–H and O–H groups in total. The van der Waals surface area contributed by atoms with Gasteiger partial charge in [0, 0.05) is 37.1 Å². The minimum absolute atomic E-state index is 0. The SMILES string of the molecule is CCN(CC)CCCC(C)NC(=NC)NC1C2CCOC2C12CCC2.I. The van der Waals surface area contributed by atoms with Gasteiger partial charge >= 0.3 is 0 Å². The molecule has 2 aliphatic carbocycles. The van der Waals surface area contributed by atoms with Gasteiger partial charge in [-0.15, -0.1) is 24.0 Å². The summed E-state index contributed by atoms with van der Waals surface area (Å²) < 4.78 is 6.03. The van der Waals surface area contributed by atoms with Crippen LogP contribution in [0, 0.1) is 11.3 Å². The molecule has 4 unspecified atom stereocenters. The Hall–Kier alpha value is -0.0800. The van der Waals surface area contributed by atoms with Crippen LogP contribution in [0.3, 0.4) is 0 Å². The number of hydrogen-bond acceptors (Lipinski definition) is 3. The molecule has 0 amide bonds. The molecule has 1 spiro atoms. The summed E-state index contributed by atoms with van der Waals surface area (Å²) in [5.74, 6) is 1.67. The molecule has 0 aromatic heterocycles. The predicted octanol–water partition coefficient (Wildman–Crippen LogP) is 3.24. The normalized spacial score (nSPS) is 30.2. The molecule has 5 nitrogen and oxygen atoms in total. The predicted molar refractivity (Wildman–Crippen MR) is 119 cm³/mol. The standard InChI is InChI=1S/C20H38N4O.HI/c1-5-24(6-2)13-7-9-15(3)22-19(21-4)23-17-16-10-14-25-18(16)20(17)11-8-12-20;/h15-18H,5-14H2,1-4H3,(H2,21,22,23);1H. The Morgan fingerprint density at radius 2 is 2.04 bits per heavy atom. The van der Waals surface area contributed by atoms with Gasteiger partial charge < -0.3 is 20.3 Å². The van der Waals surface area contributed by atoms with Crippen molar-refractivity contribution in [2.24, 2.45) is 16.3 Å². The Morgan fingerprint density at radius 1 is 1.31 bits per heavy atom. The number of fused-ring (bicyclic) bond motifs is 2. The van der Waals surface area contributed by atoms with E-state index < -0.39 is 0 Å². The molecule has 26 heavy (non-hydrogen) atoms. The largest absolute Gasteiger partial charge is 0.377 e. The van der Waals surface area contributed by atoms with Gasteiger partial charge in [-0.25, -0.2) is 0 Å². The third kappa shape index (κ3) is 4.32. The molecule has 152 valence electrons. The Bertz CT molecular complexity index is 465. The van der Waals surface area contributed by atoms with E-state index in [9.17, 15) is 0 Å². The zero-order valence-corrected chi connectivity index (χ0v) is 19.4. The molecule has 3 fully saturated rings. The van der Waals surface area contributed by atoms with E-state index in [2.05, 4.69) is 41.3 Å². The van der Waals surface area contributed by atoms with Crippen LogP contribution in [-0.4, -0.2) is 62.3 Å². The van der Waals surface area contributed by atoms with E-state index >= 15 is 0 Å². The first-order valence-corrected chi connectivity index (χ1v) is 10.5. The Kier molecular flexibility index (Phi) is 8.47. The summed E-state index contributed by atoms with van der Waals surface area (Å²) in [5.41, 5.74) is 0.408. The summed E-state index contributed by atoms with van der Waals surface area (Å²) >= 11 is 0. The van der Waals surface area contributed by atoms with Gasteiger partial charge in [-0.05, 0) is 58.7 Å². The van der Waals surface area contributed by atoms with Gasteiger partial charge in [-0.2, -0.15) is 0 Å². The van der Waals surface area contributed by atoms with Crippen LogP contribution in [0.15, 0.2) is 4.99 Å². The minimum Gasteiger partial charge on any atom is -0.377 e. The van der Waals surface area contributed by atoms with E-state index in [1.54, 1.807) is 0 Å². The molecule has 2 saturated carbocycles. The molecule has 4 atom stereocenters. The highest BCUT2D eigenvalue weighted by Crippen LogP contribution is 2.62. The molecule has 3 rings (SSSR count). The maximum atomic E-state index is 6.03. The second kappa shape index (κ2) is 9.92. The maximum absolute atomic E-state index is 6.03. The van der Waals surface area contributed by atoms with Crippen LogP contribution >= 0.6 is 24.0 Å². The lowest BCUT2D eigenvalue weighted by atomic mass is 9.46. The van der Waals surface area contributed by atoms with Crippen molar-refractivity contribution >= 4 is 29.9 Å². The number of hydrogen-bond donors (Lipinski definition) is 2. The first kappa shape index (κ1) is 22.2. The average molecular weight is 478 g/mol. The van der Waals surface area contributed by atoms with Crippen molar-refractivity contribution in [2.75, 3.05) is 33.3 Å². The molecule has 1 aliphatic heterocycles. The number of nitrogens with one attached hydrogen (secondary N) is 2. The zero-order chi connectivity index (χ0) is 17.9. The van der Waals surface area contributed by atoms with Crippen LogP contribution in [0.5, 0.6) is 0 Å². The lowest BCUT2D eigenvalue weighted by Gasteiger charge is -2.63. The van der Waals surface area contributed by atoms with Crippen LogP contribution in [0.2, 0.25) is 0 Å². The van der Waals surface area contributed by atoms with Crippen molar-refractivity contribution in [3.8, 4) is 0 Å². The van der Waals surface area contributed by atoms with Crippen LogP contribution in [-0.2, 0) is 4.74 Å². The smallest absolute Gasteiger partial charge is 0.191 e. The summed E-state index contributed by atoms with van der Waals surface area (Å²) in [4.78, 5) is 7.00. The van der Waals surface area contributed by atoms with Crippen LogP contribution in [0.4, 0.5) is 0 Å². The van der Waals surface area contributed by atoms with E-state index in [-0.39, 0.29) is 24.0 Å². The fraction of sp³-hybridized carbons (Fsp3) is 0.950. The summed E-state index contributed by atoms with van der Waals surface area (Å²) in [6.45, 7) is 11.2. The molecule has 0 aromatic carbocycles. The highest BCUT2D eigenvalue weighted by Gasteiger charge is 2.66. The molecular formula is C20H39IN4O. The Labute approximate surface area is 177 Å². The average Bonchev–Trinajstić information content (AvgIpc) is 2.99. The van der Waals surface area contributed by atoms with Crippen molar-refractivity contribution in [2.45, 2.75) is 77.5 Å². The molecular weight excluding hydrogens is 439 g/mol. The third-order valence-corrected chi connectivity index (χ3v) is 6.94. The van der Waals surface area contributed by atoms with Crippen LogP contribution in [0.1, 0.15) is 59.3 Å². The molecule has 1 saturated heterocycles. The van der Waals surface area contributed by atoms with Gasteiger partial charge in [-0.3, -0.25) is 4.99 Å². The number of guanidine groups is 1. The van der Waals surface area contributed by atoms with Crippen molar-refractivity contribution in [3.05, 3.63) is 0 Å². The van der Waals surface area contributed by atoms with Crippen molar-refractivity contribution in [1.29, 1.82) is 0 Å². The summed E-state index contributed by atoms with van der Waals surface area (Å²) in [7, 11) is 1.90. The van der Waals surface area contributed by atoms with Gasteiger partial charge in [0.05, 0.1) is 6.10 Å². The van der Waals surface area contributed by atoms with Crippen LogP contribution < -0.4 is 10.6 Å². The van der Waals surface area contributed by atoms with Gasteiger partial charge in [0.15, 0.2) is 5.96 Å². The highest BCUT2D eigenvalue weighted by molar-refractivity contribution is 14.0. The lowest BCUT2D eigenvalue weighted by Crippen LogP contribution is -2.72. The van der Waals surface area contributed by atoms with Gasteiger partial charge in [0.1, 0.15) is 0 Å². The number of ether oxygens (including phenoxy) is 1. The fourth-order valence-corrected chi connectivity index (χ4v) is 5.24. The Balaban J connectivity index is 0.00000243. The Morgan fingerprint density at radius 3 is 2.62 bits per heavy atom. The van der Waals surface area contributed by atoms with E-state index in [4.69, 9.17) is 4.74 Å². The van der Waals surface area contributed by atoms with E-state index in [1.165, 1.54) is 45.1 Å². The number of nitrogens with zero attached hydrogens (tertiary/aromatic N) is 2. The van der Waals surface area contributed by atoms with Gasteiger partial charge in [0.25, 0.3) is 0 Å². The fourth-order valence-electron chi connectivity index (χ4n) is 5.24. The molecule has 0 aromatic rings. The van der Waals surface area contributed by atoms with Crippen molar-refractivity contribution in [3.63, 3.8) is 0 Å². The van der Waals surface area contributed by atoms with E-state index in [0.29, 0.717) is 29.5 Å². The first-order valence-electron chi connectivity index (χ1n) is 10.5. The van der Waals surface area contributed by atoms with E-state index in [1.807, 2.05) is 7.05 Å². The number of halogens is 1. The molecule has 1 heterocycles. The summed E-state index contributed by atoms with van der Waals surface area (Å²) in [5, 5.41) is 7.39.